The Hall–Kier alpha value is -3.65. The molecule has 8 nitrogen and oxygen atoms in total. The maximum atomic E-state index is 12.7. The van der Waals surface area contributed by atoms with E-state index in [0.717, 1.165) is 36.3 Å². The van der Waals surface area contributed by atoms with Crippen LogP contribution in [0.1, 0.15) is 33.5 Å². The molecule has 0 saturated carbocycles. The summed E-state index contributed by atoms with van der Waals surface area (Å²) in [6.07, 6.45) is 2.27. The molecule has 170 valence electrons. The smallest absolute Gasteiger partial charge is 0.411 e. The van der Waals surface area contributed by atoms with Crippen molar-refractivity contribution in [3.05, 3.63) is 82.1 Å². The molecule has 1 amide bonds. The number of amides is 1. The van der Waals surface area contributed by atoms with Gasteiger partial charge in [-0.2, -0.15) is 0 Å². The van der Waals surface area contributed by atoms with E-state index in [1.807, 2.05) is 30.6 Å². The number of hydrogen-bond donors (Lipinski definition) is 1. The molecular weight excluding hydrogens is 420 g/mol. The summed E-state index contributed by atoms with van der Waals surface area (Å²) in [5, 5.41) is 9.05. The van der Waals surface area contributed by atoms with E-state index in [-0.39, 0.29) is 18.4 Å². The van der Waals surface area contributed by atoms with Gasteiger partial charge in [0.25, 0.3) is 0 Å². The van der Waals surface area contributed by atoms with Crippen LogP contribution < -0.4 is 0 Å². The summed E-state index contributed by atoms with van der Waals surface area (Å²) in [5.41, 5.74) is 6.03. The predicted octanol–water partition coefficient (Wildman–Crippen LogP) is 3.30. The number of benzene rings is 2. The van der Waals surface area contributed by atoms with Gasteiger partial charge in [0.2, 0.25) is 0 Å². The zero-order valence-electron chi connectivity index (χ0n) is 18.3. The molecule has 8 heteroatoms. The number of rotatable bonds is 5. The minimum Gasteiger partial charge on any atom is -0.478 e. The van der Waals surface area contributed by atoms with Gasteiger partial charge in [0, 0.05) is 51.4 Å². The molecule has 0 saturated heterocycles. The van der Waals surface area contributed by atoms with Crippen LogP contribution in [0.5, 0.6) is 0 Å². The third-order valence-corrected chi connectivity index (χ3v) is 6.30. The van der Waals surface area contributed by atoms with Gasteiger partial charge in [0.1, 0.15) is 6.73 Å². The Kier molecular flexibility index (Phi) is 5.83. The average Bonchev–Trinajstić information content (AvgIpc) is 3.25. The van der Waals surface area contributed by atoms with E-state index >= 15 is 0 Å². The number of ether oxygens (including phenoxy) is 1. The molecule has 0 radical (unpaired) electrons. The van der Waals surface area contributed by atoms with Gasteiger partial charge < -0.3 is 19.6 Å². The first-order chi connectivity index (χ1) is 16.0. The van der Waals surface area contributed by atoms with Crippen molar-refractivity contribution in [2.45, 2.75) is 26.1 Å². The van der Waals surface area contributed by atoms with E-state index in [2.05, 4.69) is 26.9 Å². The summed E-state index contributed by atoms with van der Waals surface area (Å²) in [6, 6.07) is 15.2. The van der Waals surface area contributed by atoms with Gasteiger partial charge in [-0.1, -0.05) is 36.4 Å². The first-order valence-corrected chi connectivity index (χ1v) is 11.1. The Morgan fingerprint density at radius 1 is 0.970 bits per heavy atom. The summed E-state index contributed by atoms with van der Waals surface area (Å²) < 4.78 is 5.62. The van der Waals surface area contributed by atoms with Crippen LogP contribution in [0.25, 0.3) is 0 Å². The number of carbonyl (C=O) groups excluding carboxylic acids is 1. The molecule has 0 atom stereocenters. The number of hydrogen-bond acceptors (Lipinski definition) is 6. The third kappa shape index (κ3) is 4.75. The Balaban J connectivity index is 1.13. The van der Waals surface area contributed by atoms with Crippen LogP contribution in [0.15, 0.2) is 64.8 Å². The van der Waals surface area contributed by atoms with Gasteiger partial charge in [-0.3, -0.25) is 4.90 Å². The van der Waals surface area contributed by atoms with Crippen molar-refractivity contribution in [2.24, 2.45) is 4.99 Å². The van der Waals surface area contributed by atoms with E-state index in [1.165, 1.54) is 11.1 Å². The number of nitrogens with zero attached hydrogens (tertiary/aromatic N) is 4. The Bertz CT molecular complexity index is 1100. The molecule has 0 spiro atoms. The Labute approximate surface area is 192 Å². The lowest BCUT2D eigenvalue weighted by molar-refractivity contribution is 0.0428. The molecule has 3 heterocycles. The van der Waals surface area contributed by atoms with Crippen LogP contribution in [0.2, 0.25) is 0 Å². The second-order valence-electron chi connectivity index (χ2n) is 8.67. The molecule has 0 aliphatic carbocycles. The minimum atomic E-state index is -0.931. The molecule has 33 heavy (non-hydrogen) atoms. The van der Waals surface area contributed by atoms with E-state index in [0.29, 0.717) is 26.2 Å². The lowest BCUT2D eigenvalue weighted by Crippen LogP contribution is -2.42. The number of carboxylic acids is 1. The maximum Gasteiger partial charge on any atom is 0.411 e. The molecule has 0 fully saturated rings. The minimum absolute atomic E-state index is 0.273. The van der Waals surface area contributed by atoms with E-state index < -0.39 is 5.97 Å². The van der Waals surface area contributed by atoms with Gasteiger partial charge in [0.05, 0.1) is 11.9 Å². The van der Waals surface area contributed by atoms with E-state index in [9.17, 15) is 9.59 Å². The highest BCUT2D eigenvalue weighted by molar-refractivity contribution is 5.87. The van der Waals surface area contributed by atoms with Gasteiger partial charge in [-0.25, -0.2) is 14.6 Å². The molecule has 5 rings (SSSR count). The molecule has 0 unspecified atom stereocenters. The van der Waals surface area contributed by atoms with E-state index in [1.54, 1.807) is 17.0 Å². The van der Waals surface area contributed by atoms with Crippen molar-refractivity contribution in [3.63, 3.8) is 0 Å². The third-order valence-electron chi connectivity index (χ3n) is 6.30. The highest BCUT2D eigenvalue weighted by atomic mass is 16.6. The molecule has 0 bridgehead atoms. The second-order valence-corrected chi connectivity index (χ2v) is 8.67. The molecule has 3 aliphatic rings. The summed E-state index contributed by atoms with van der Waals surface area (Å²) >= 11 is 0. The highest BCUT2D eigenvalue weighted by Gasteiger charge is 2.27. The molecular formula is C25H26N4O4. The van der Waals surface area contributed by atoms with E-state index in [4.69, 9.17) is 9.84 Å². The summed E-state index contributed by atoms with van der Waals surface area (Å²) in [4.78, 5) is 34.3. The lowest BCUT2D eigenvalue weighted by atomic mass is 10.0. The fraction of sp³-hybridized carbons (Fsp3) is 0.320. The molecule has 1 N–H and O–H groups in total. The molecule has 0 aromatic heterocycles. The highest BCUT2D eigenvalue weighted by Crippen LogP contribution is 2.25. The first-order valence-electron chi connectivity index (χ1n) is 11.1. The van der Waals surface area contributed by atoms with Gasteiger partial charge >= 0.3 is 12.1 Å². The Morgan fingerprint density at radius 2 is 1.70 bits per heavy atom. The number of carboxylic acid groups (broad SMARTS) is 1. The standard InChI is InChI=1S/C25H26N4O4/c30-24(31)19-7-5-18(6-8-19)11-27-14-22-15-29(10-9-23(22)26-16-27)25(32)33-17-28-12-20-3-1-2-4-21(20)13-28/h1-8,16H,9-15,17H2,(H,30,31). The molecule has 3 aliphatic heterocycles. The van der Waals surface area contributed by atoms with Crippen LogP contribution in [-0.4, -0.2) is 64.6 Å². The fourth-order valence-corrected chi connectivity index (χ4v) is 4.53. The number of fused-ring (bicyclic) bond motifs is 1. The summed E-state index contributed by atoms with van der Waals surface area (Å²) in [7, 11) is 0. The van der Waals surface area contributed by atoms with Crippen LogP contribution in [-0.2, 0) is 24.4 Å². The van der Waals surface area contributed by atoms with Gasteiger partial charge in [-0.15, -0.1) is 0 Å². The van der Waals surface area contributed by atoms with Gasteiger partial charge in [0.15, 0.2) is 0 Å². The van der Waals surface area contributed by atoms with Crippen molar-refractivity contribution >= 4 is 18.4 Å². The van der Waals surface area contributed by atoms with Crippen LogP contribution in [0, 0.1) is 0 Å². The van der Waals surface area contributed by atoms with Crippen LogP contribution >= 0.6 is 0 Å². The number of aromatic carboxylic acids is 1. The molecule has 2 aromatic rings. The fourth-order valence-electron chi connectivity index (χ4n) is 4.53. The van der Waals surface area contributed by atoms with Crippen molar-refractivity contribution in [2.75, 3.05) is 26.4 Å². The van der Waals surface area contributed by atoms with Gasteiger partial charge in [-0.05, 0) is 34.4 Å². The molecule has 2 aromatic carbocycles. The van der Waals surface area contributed by atoms with Crippen molar-refractivity contribution in [3.8, 4) is 0 Å². The SMILES string of the molecule is O=C(O)c1ccc(CN2C=NC3=C(C2)CN(C(=O)OCN2Cc4ccccc4C2)CC3)cc1. The number of carbonyl (C=O) groups is 2. The number of aliphatic imine (C=N–C) groups is 1. The van der Waals surface area contributed by atoms with Crippen molar-refractivity contribution in [1.82, 2.24) is 14.7 Å². The largest absolute Gasteiger partial charge is 0.478 e. The summed E-state index contributed by atoms with van der Waals surface area (Å²) in [5.74, 6) is -0.931. The monoisotopic (exact) mass is 446 g/mol. The average molecular weight is 447 g/mol. The van der Waals surface area contributed by atoms with Crippen molar-refractivity contribution in [1.29, 1.82) is 0 Å². The summed E-state index contributed by atoms with van der Waals surface area (Å²) in [6.45, 7) is 4.31. The van der Waals surface area contributed by atoms with Crippen LogP contribution in [0.3, 0.4) is 0 Å². The zero-order valence-corrected chi connectivity index (χ0v) is 18.3. The quantitative estimate of drug-likeness (QED) is 0.759. The zero-order chi connectivity index (χ0) is 22.8. The second kappa shape index (κ2) is 9.07. The first kappa shape index (κ1) is 21.2. The topological polar surface area (TPSA) is 85.7 Å². The predicted molar refractivity (Wildman–Crippen MR) is 123 cm³/mol. The van der Waals surface area contributed by atoms with Crippen LogP contribution in [0.4, 0.5) is 4.79 Å². The maximum absolute atomic E-state index is 12.7. The Morgan fingerprint density at radius 3 is 2.39 bits per heavy atom. The lowest BCUT2D eigenvalue weighted by Gasteiger charge is -2.34. The van der Waals surface area contributed by atoms with Crippen molar-refractivity contribution < 1.29 is 19.4 Å². The normalized spacial score (nSPS) is 17.7.